The number of hydrogen-bond donors (Lipinski definition) is 1. The Bertz CT molecular complexity index is 864. The van der Waals surface area contributed by atoms with Crippen molar-refractivity contribution in [1.82, 2.24) is 15.5 Å². The molecule has 2 heterocycles. The molecule has 1 aromatic carbocycles. The van der Waals surface area contributed by atoms with Crippen LogP contribution in [0, 0.1) is 12.8 Å². The second kappa shape index (κ2) is 6.98. The van der Waals surface area contributed by atoms with E-state index < -0.39 is 0 Å². The predicted molar refractivity (Wildman–Crippen MR) is 102 cm³/mol. The molecule has 1 aliphatic heterocycles. The predicted octanol–water partition coefficient (Wildman–Crippen LogP) is 4.50. The lowest BCUT2D eigenvalue weighted by molar-refractivity contribution is 0.241. The zero-order valence-corrected chi connectivity index (χ0v) is 15.6. The van der Waals surface area contributed by atoms with Gasteiger partial charge in [0, 0.05) is 29.3 Å². The molecule has 1 aromatic heterocycles. The highest BCUT2D eigenvalue weighted by Crippen LogP contribution is 2.35. The maximum Gasteiger partial charge on any atom is 0.254 e. The van der Waals surface area contributed by atoms with Crippen molar-refractivity contribution >= 4 is 5.57 Å². The fraction of sp³-hybridized carbons (Fsp3) is 0.429. The molecule has 5 heteroatoms. The minimum Gasteiger partial charge on any atom is -0.491 e. The zero-order valence-electron chi connectivity index (χ0n) is 15.6. The molecule has 5 nitrogen and oxygen atoms in total. The lowest BCUT2D eigenvalue weighted by atomic mass is 9.85. The van der Waals surface area contributed by atoms with Crippen LogP contribution in [0.25, 0.3) is 17.0 Å². The maximum atomic E-state index is 5.80. The molecule has 0 radical (unpaired) electrons. The van der Waals surface area contributed by atoms with Crippen LogP contribution in [-0.4, -0.2) is 22.8 Å². The van der Waals surface area contributed by atoms with Crippen LogP contribution in [-0.2, 0) is 0 Å². The van der Waals surface area contributed by atoms with Crippen LogP contribution >= 0.6 is 0 Å². The van der Waals surface area contributed by atoms with Crippen LogP contribution in [0.2, 0.25) is 0 Å². The first kappa shape index (κ1) is 16.9. The summed E-state index contributed by atoms with van der Waals surface area (Å²) in [5.74, 6) is 2.69. The highest BCUT2D eigenvalue weighted by Gasteiger charge is 2.25. The highest BCUT2D eigenvalue weighted by atomic mass is 16.5. The molecule has 1 atom stereocenters. The number of fused-ring (bicyclic) bond motifs is 1. The summed E-state index contributed by atoms with van der Waals surface area (Å²) >= 11 is 0. The van der Waals surface area contributed by atoms with Crippen LogP contribution in [0.4, 0.5) is 0 Å². The Hall–Kier alpha value is -2.56. The van der Waals surface area contributed by atoms with Gasteiger partial charge in [-0.15, -0.1) is 0 Å². The molecule has 0 bridgehead atoms. The topological polar surface area (TPSA) is 60.2 Å². The van der Waals surface area contributed by atoms with Gasteiger partial charge < -0.3 is 14.6 Å². The quantitative estimate of drug-likeness (QED) is 0.878. The zero-order chi connectivity index (χ0) is 18.1. The summed E-state index contributed by atoms with van der Waals surface area (Å²) in [6.07, 6.45) is 7.81. The van der Waals surface area contributed by atoms with Crippen molar-refractivity contribution in [2.45, 2.75) is 46.1 Å². The molecule has 1 unspecified atom stereocenters. The van der Waals surface area contributed by atoms with Crippen molar-refractivity contribution in [2.75, 3.05) is 6.54 Å². The van der Waals surface area contributed by atoms with E-state index in [1.807, 2.05) is 39.0 Å². The Morgan fingerprint density at radius 3 is 2.96 bits per heavy atom. The number of aromatic nitrogens is 2. The molecule has 1 saturated heterocycles. The number of aryl methyl sites for hydroxylation is 1. The molecule has 4 rings (SSSR count). The van der Waals surface area contributed by atoms with Gasteiger partial charge in [-0.2, -0.15) is 4.98 Å². The minimum atomic E-state index is 0.154. The van der Waals surface area contributed by atoms with E-state index in [2.05, 4.69) is 27.6 Å². The van der Waals surface area contributed by atoms with Crippen molar-refractivity contribution in [2.24, 2.45) is 5.92 Å². The lowest BCUT2D eigenvalue weighted by Gasteiger charge is -2.29. The Morgan fingerprint density at radius 1 is 1.27 bits per heavy atom. The van der Waals surface area contributed by atoms with Crippen LogP contribution in [0.15, 0.2) is 40.6 Å². The first-order chi connectivity index (χ1) is 12.6. The minimum absolute atomic E-state index is 0.154. The summed E-state index contributed by atoms with van der Waals surface area (Å²) in [4.78, 5) is 4.64. The molecular formula is C21H25N3O2. The van der Waals surface area contributed by atoms with E-state index in [9.17, 15) is 0 Å². The third-order valence-electron chi connectivity index (χ3n) is 4.93. The number of ether oxygens (including phenoxy) is 1. The first-order valence-electron chi connectivity index (χ1n) is 9.36. The van der Waals surface area contributed by atoms with E-state index in [0.717, 1.165) is 35.4 Å². The maximum absolute atomic E-state index is 5.80. The normalized spacial score (nSPS) is 19.5. The molecule has 0 spiro atoms. The Morgan fingerprint density at radius 2 is 2.15 bits per heavy atom. The van der Waals surface area contributed by atoms with Gasteiger partial charge in [0.1, 0.15) is 5.75 Å². The van der Waals surface area contributed by atoms with E-state index in [0.29, 0.717) is 17.6 Å². The third-order valence-corrected chi connectivity index (χ3v) is 4.93. The summed E-state index contributed by atoms with van der Waals surface area (Å²) in [7, 11) is 0. The molecule has 1 aliphatic carbocycles. The summed E-state index contributed by atoms with van der Waals surface area (Å²) < 4.78 is 11.4. The highest BCUT2D eigenvalue weighted by molar-refractivity contribution is 5.66. The van der Waals surface area contributed by atoms with E-state index in [-0.39, 0.29) is 6.10 Å². The number of piperidine rings is 1. The Labute approximate surface area is 154 Å². The second-order valence-electron chi connectivity index (χ2n) is 7.35. The summed E-state index contributed by atoms with van der Waals surface area (Å²) in [6, 6.07) is 6.01. The summed E-state index contributed by atoms with van der Waals surface area (Å²) in [5.41, 5.74) is 4.48. The molecule has 2 aliphatic rings. The molecule has 2 aromatic rings. The number of rotatable bonds is 4. The average molecular weight is 351 g/mol. The fourth-order valence-electron chi connectivity index (χ4n) is 3.62. The van der Waals surface area contributed by atoms with E-state index in [4.69, 9.17) is 9.26 Å². The van der Waals surface area contributed by atoms with Crippen molar-refractivity contribution in [3.8, 4) is 17.1 Å². The SMILES string of the molecule is Cc1cc(-c2noc(C3=CC=C4NCCCC4C3)n2)ccc1OC(C)C. The molecular weight excluding hydrogens is 326 g/mol. The van der Waals surface area contributed by atoms with Crippen LogP contribution in [0.5, 0.6) is 5.75 Å². The fourth-order valence-corrected chi connectivity index (χ4v) is 3.62. The lowest BCUT2D eigenvalue weighted by Crippen LogP contribution is -2.28. The largest absolute Gasteiger partial charge is 0.491 e. The number of hydrogen-bond acceptors (Lipinski definition) is 5. The van der Waals surface area contributed by atoms with Crippen LogP contribution < -0.4 is 10.1 Å². The molecule has 1 N–H and O–H groups in total. The summed E-state index contributed by atoms with van der Waals surface area (Å²) in [5, 5.41) is 7.68. The van der Waals surface area contributed by atoms with Gasteiger partial charge in [0.2, 0.25) is 5.82 Å². The number of nitrogens with one attached hydrogen (secondary N) is 1. The van der Waals surface area contributed by atoms with Gasteiger partial charge in [0.15, 0.2) is 0 Å². The number of allylic oxidation sites excluding steroid dienone is 4. The van der Waals surface area contributed by atoms with Gasteiger partial charge in [0.25, 0.3) is 5.89 Å². The molecule has 1 fully saturated rings. The summed E-state index contributed by atoms with van der Waals surface area (Å²) in [6.45, 7) is 7.16. The second-order valence-corrected chi connectivity index (χ2v) is 7.35. The Balaban J connectivity index is 1.56. The van der Waals surface area contributed by atoms with Gasteiger partial charge in [-0.25, -0.2) is 0 Å². The Kier molecular flexibility index (Phi) is 4.53. The van der Waals surface area contributed by atoms with Gasteiger partial charge in [-0.1, -0.05) is 11.2 Å². The van der Waals surface area contributed by atoms with Crippen molar-refractivity contribution in [1.29, 1.82) is 0 Å². The van der Waals surface area contributed by atoms with E-state index in [1.54, 1.807) is 0 Å². The van der Waals surface area contributed by atoms with Gasteiger partial charge in [-0.05, 0) is 69.9 Å². The van der Waals surface area contributed by atoms with Gasteiger partial charge >= 0.3 is 0 Å². The van der Waals surface area contributed by atoms with Crippen molar-refractivity contribution in [3.63, 3.8) is 0 Å². The van der Waals surface area contributed by atoms with Crippen LogP contribution in [0.3, 0.4) is 0 Å². The van der Waals surface area contributed by atoms with Crippen LogP contribution in [0.1, 0.15) is 44.6 Å². The molecule has 26 heavy (non-hydrogen) atoms. The van der Waals surface area contributed by atoms with E-state index >= 15 is 0 Å². The van der Waals surface area contributed by atoms with Crippen molar-refractivity contribution < 1.29 is 9.26 Å². The van der Waals surface area contributed by atoms with Crippen molar-refractivity contribution in [3.05, 3.63) is 47.5 Å². The third kappa shape index (κ3) is 3.39. The average Bonchev–Trinajstić information content (AvgIpc) is 3.13. The number of benzene rings is 1. The smallest absolute Gasteiger partial charge is 0.254 e. The molecule has 0 saturated carbocycles. The number of nitrogens with zero attached hydrogens (tertiary/aromatic N) is 2. The standard InChI is InChI=1S/C21H25N3O2/c1-13(2)25-19-9-7-16(11-14(19)3)20-23-21(26-24-20)17-6-8-18-15(12-17)5-4-10-22-18/h6-9,11,13,15,22H,4-5,10,12H2,1-3H3. The van der Waals surface area contributed by atoms with E-state index in [1.165, 1.54) is 18.5 Å². The molecule has 0 amide bonds. The molecule has 136 valence electrons. The first-order valence-corrected chi connectivity index (χ1v) is 9.36. The van der Waals surface area contributed by atoms with Gasteiger partial charge in [-0.3, -0.25) is 0 Å². The monoisotopic (exact) mass is 351 g/mol. The van der Waals surface area contributed by atoms with Gasteiger partial charge in [0.05, 0.1) is 6.10 Å².